The monoisotopic (exact) mass is 266 g/mol. The summed E-state index contributed by atoms with van der Waals surface area (Å²) in [5.74, 6) is 1.86. The van der Waals surface area contributed by atoms with E-state index in [1.807, 2.05) is 0 Å². The zero-order valence-corrected chi connectivity index (χ0v) is 13.3. The molecule has 3 unspecified atom stereocenters. The Morgan fingerprint density at radius 3 is 2.42 bits per heavy atom. The van der Waals surface area contributed by atoms with Crippen molar-refractivity contribution in [2.45, 2.75) is 77.8 Å². The van der Waals surface area contributed by atoms with Crippen LogP contribution in [-0.2, 0) is 0 Å². The maximum absolute atomic E-state index is 3.59. The Morgan fingerprint density at radius 1 is 1.00 bits per heavy atom. The van der Waals surface area contributed by atoms with Crippen LogP contribution in [0.5, 0.6) is 0 Å². The first kappa shape index (κ1) is 15.3. The fourth-order valence-corrected chi connectivity index (χ4v) is 4.24. The largest absolute Gasteiger partial charge is 0.315 e. The molecule has 0 spiro atoms. The van der Waals surface area contributed by atoms with Gasteiger partial charge < -0.3 is 5.32 Å². The summed E-state index contributed by atoms with van der Waals surface area (Å²) < 4.78 is 0. The molecule has 112 valence electrons. The Labute approximate surface area is 120 Å². The summed E-state index contributed by atoms with van der Waals surface area (Å²) in [7, 11) is 0. The van der Waals surface area contributed by atoms with Crippen molar-refractivity contribution in [3.8, 4) is 0 Å². The van der Waals surface area contributed by atoms with Gasteiger partial charge >= 0.3 is 0 Å². The van der Waals surface area contributed by atoms with Crippen LogP contribution in [0.1, 0.15) is 65.7 Å². The molecule has 0 aromatic heterocycles. The number of nitrogens with one attached hydrogen (secondary N) is 1. The van der Waals surface area contributed by atoms with Gasteiger partial charge in [0.15, 0.2) is 0 Å². The Hall–Kier alpha value is -0.0800. The Bertz CT molecular complexity index is 246. The van der Waals surface area contributed by atoms with Gasteiger partial charge in [0, 0.05) is 18.6 Å². The molecule has 0 radical (unpaired) electrons. The van der Waals surface area contributed by atoms with Crippen LogP contribution in [0.15, 0.2) is 0 Å². The quantitative estimate of drug-likeness (QED) is 0.781. The van der Waals surface area contributed by atoms with Crippen LogP contribution in [0, 0.1) is 11.8 Å². The zero-order valence-electron chi connectivity index (χ0n) is 13.3. The van der Waals surface area contributed by atoms with Crippen LogP contribution in [0.4, 0.5) is 0 Å². The van der Waals surface area contributed by atoms with Gasteiger partial charge in [0.05, 0.1) is 0 Å². The zero-order chi connectivity index (χ0) is 13.7. The average Bonchev–Trinajstić information content (AvgIpc) is 2.67. The highest BCUT2D eigenvalue weighted by Crippen LogP contribution is 2.32. The van der Waals surface area contributed by atoms with Gasteiger partial charge in [-0.15, -0.1) is 0 Å². The molecule has 0 bridgehead atoms. The van der Waals surface area contributed by atoms with E-state index >= 15 is 0 Å². The summed E-state index contributed by atoms with van der Waals surface area (Å²) in [6, 6.07) is 1.66. The van der Waals surface area contributed by atoms with Gasteiger partial charge in [-0.1, -0.05) is 33.6 Å². The van der Waals surface area contributed by atoms with E-state index in [1.165, 1.54) is 64.6 Å². The van der Waals surface area contributed by atoms with Crippen LogP contribution in [0.2, 0.25) is 0 Å². The smallest absolute Gasteiger partial charge is 0.0223 e. The molecule has 2 fully saturated rings. The molecule has 2 heteroatoms. The van der Waals surface area contributed by atoms with Crippen molar-refractivity contribution in [1.82, 2.24) is 10.2 Å². The van der Waals surface area contributed by atoms with Crippen LogP contribution in [0.3, 0.4) is 0 Å². The SMILES string of the molecule is CCN(C1CCCC(C(C)C)CC1)C1CCCNC1. The van der Waals surface area contributed by atoms with Gasteiger partial charge in [0.2, 0.25) is 0 Å². The third kappa shape index (κ3) is 4.19. The van der Waals surface area contributed by atoms with Crippen LogP contribution < -0.4 is 5.32 Å². The molecule has 0 aromatic rings. The highest BCUT2D eigenvalue weighted by molar-refractivity contribution is 4.85. The summed E-state index contributed by atoms with van der Waals surface area (Å²) in [4.78, 5) is 2.83. The Kier molecular flexibility index (Phi) is 6.15. The molecule has 2 aliphatic rings. The first-order valence-corrected chi connectivity index (χ1v) is 8.68. The van der Waals surface area contributed by atoms with Crippen molar-refractivity contribution in [2.24, 2.45) is 11.8 Å². The highest BCUT2D eigenvalue weighted by atomic mass is 15.2. The minimum absolute atomic E-state index is 0.805. The number of hydrogen-bond acceptors (Lipinski definition) is 2. The summed E-state index contributed by atoms with van der Waals surface area (Å²) >= 11 is 0. The first-order chi connectivity index (χ1) is 9.22. The lowest BCUT2D eigenvalue weighted by atomic mass is 9.89. The van der Waals surface area contributed by atoms with E-state index in [-0.39, 0.29) is 0 Å². The van der Waals surface area contributed by atoms with Crippen molar-refractivity contribution in [2.75, 3.05) is 19.6 Å². The average molecular weight is 266 g/mol. The van der Waals surface area contributed by atoms with Crippen LogP contribution >= 0.6 is 0 Å². The van der Waals surface area contributed by atoms with Crippen molar-refractivity contribution < 1.29 is 0 Å². The molecule has 1 saturated carbocycles. The standard InChI is InChI=1S/C17H34N2/c1-4-19(17-9-6-12-18-13-17)16-8-5-7-15(10-11-16)14(2)3/h14-18H,4-13H2,1-3H3. The van der Waals surface area contributed by atoms with Gasteiger partial charge in [0.1, 0.15) is 0 Å². The molecule has 1 saturated heterocycles. The lowest BCUT2D eigenvalue weighted by Gasteiger charge is -2.39. The molecule has 19 heavy (non-hydrogen) atoms. The lowest BCUT2D eigenvalue weighted by Crippen LogP contribution is -2.50. The summed E-state index contributed by atoms with van der Waals surface area (Å²) in [5, 5.41) is 3.59. The molecule has 0 amide bonds. The van der Waals surface area contributed by atoms with Gasteiger partial charge in [-0.3, -0.25) is 4.90 Å². The second-order valence-corrected chi connectivity index (χ2v) is 7.00. The van der Waals surface area contributed by atoms with E-state index in [9.17, 15) is 0 Å². The normalized spacial score (nSPS) is 33.6. The molecule has 1 aliphatic carbocycles. The molecule has 1 heterocycles. The Morgan fingerprint density at radius 2 is 1.79 bits per heavy atom. The summed E-state index contributed by atoms with van der Waals surface area (Å²) in [5.41, 5.74) is 0. The van der Waals surface area contributed by atoms with Gasteiger partial charge in [-0.05, 0) is 57.0 Å². The molecule has 1 aliphatic heterocycles. The predicted molar refractivity (Wildman–Crippen MR) is 83.5 cm³/mol. The predicted octanol–water partition coefficient (Wildman–Crippen LogP) is 3.67. The van der Waals surface area contributed by atoms with Crippen molar-refractivity contribution in [1.29, 1.82) is 0 Å². The third-order valence-corrected chi connectivity index (χ3v) is 5.50. The topological polar surface area (TPSA) is 15.3 Å². The molecule has 0 aromatic carbocycles. The second-order valence-electron chi connectivity index (χ2n) is 7.00. The fourth-order valence-electron chi connectivity index (χ4n) is 4.24. The minimum Gasteiger partial charge on any atom is -0.315 e. The van der Waals surface area contributed by atoms with E-state index < -0.39 is 0 Å². The fraction of sp³-hybridized carbons (Fsp3) is 1.00. The molecular weight excluding hydrogens is 232 g/mol. The summed E-state index contributed by atoms with van der Waals surface area (Å²) in [6.45, 7) is 10.9. The van der Waals surface area contributed by atoms with E-state index in [0.29, 0.717) is 0 Å². The second kappa shape index (κ2) is 7.64. The van der Waals surface area contributed by atoms with Gasteiger partial charge in [-0.2, -0.15) is 0 Å². The van der Waals surface area contributed by atoms with Gasteiger partial charge in [0.25, 0.3) is 0 Å². The number of rotatable bonds is 4. The summed E-state index contributed by atoms with van der Waals surface area (Å²) in [6.07, 6.45) is 10.0. The van der Waals surface area contributed by atoms with Crippen molar-refractivity contribution in [3.05, 3.63) is 0 Å². The van der Waals surface area contributed by atoms with E-state index in [4.69, 9.17) is 0 Å². The number of nitrogens with zero attached hydrogens (tertiary/aromatic N) is 1. The number of hydrogen-bond donors (Lipinski definition) is 1. The highest BCUT2D eigenvalue weighted by Gasteiger charge is 2.29. The maximum Gasteiger partial charge on any atom is 0.0223 e. The van der Waals surface area contributed by atoms with E-state index in [0.717, 1.165) is 23.9 Å². The maximum atomic E-state index is 3.59. The van der Waals surface area contributed by atoms with Crippen LogP contribution in [-0.4, -0.2) is 36.6 Å². The van der Waals surface area contributed by atoms with Gasteiger partial charge in [-0.25, -0.2) is 0 Å². The number of likely N-dealkylation sites (N-methyl/N-ethyl adjacent to an activating group) is 1. The van der Waals surface area contributed by atoms with Crippen molar-refractivity contribution in [3.63, 3.8) is 0 Å². The van der Waals surface area contributed by atoms with E-state index in [2.05, 4.69) is 31.0 Å². The Balaban J connectivity index is 1.91. The molecule has 1 N–H and O–H groups in total. The van der Waals surface area contributed by atoms with Crippen molar-refractivity contribution >= 4 is 0 Å². The third-order valence-electron chi connectivity index (χ3n) is 5.50. The minimum atomic E-state index is 0.805. The first-order valence-electron chi connectivity index (χ1n) is 8.68. The number of piperidine rings is 1. The molecule has 2 nitrogen and oxygen atoms in total. The van der Waals surface area contributed by atoms with Crippen LogP contribution in [0.25, 0.3) is 0 Å². The molecular formula is C17H34N2. The molecule has 3 atom stereocenters. The van der Waals surface area contributed by atoms with E-state index in [1.54, 1.807) is 0 Å². The molecule has 2 rings (SSSR count). The lowest BCUT2D eigenvalue weighted by molar-refractivity contribution is 0.107.